The van der Waals surface area contributed by atoms with E-state index in [1.807, 2.05) is 6.07 Å². The van der Waals surface area contributed by atoms with E-state index in [0.717, 1.165) is 18.5 Å². The number of nitrogens with zero attached hydrogens (tertiary/aromatic N) is 3. The van der Waals surface area contributed by atoms with Crippen LogP contribution in [0.3, 0.4) is 0 Å². The molecular weight excluding hydrogens is 437 g/mol. The largest absolute Gasteiger partial charge is 0.494 e. The van der Waals surface area contributed by atoms with Crippen LogP contribution in [0.1, 0.15) is 53.4 Å². The maximum atomic E-state index is 14.2. The van der Waals surface area contributed by atoms with Crippen molar-refractivity contribution in [1.82, 2.24) is 14.8 Å². The molecule has 1 N–H and O–H groups in total. The summed E-state index contributed by atoms with van der Waals surface area (Å²) in [4.78, 5) is 16.2. The van der Waals surface area contributed by atoms with Crippen LogP contribution in [0.25, 0.3) is 0 Å². The molecule has 8 heteroatoms. The quantitative estimate of drug-likeness (QED) is 0.479. The molecule has 4 rings (SSSR count). The average molecular weight is 468 g/mol. The van der Waals surface area contributed by atoms with Gasteiger partial charge in [0.15, 0.2) is 11.6 Å². The van der Waals surface area contributed by atoms with Crippen LogP contribution in [0.5, 0.6) is 11.6 Å². The van der Waals surface area contributed by atoms with Gasteiger partial charge in [0.05, 0.1) is 25.8 Å². The molecule has 0 radical (unpaired) electrons. The Morgan fingerprint density at radius 2 is 2.00 bits per heavy atom. The van der Waals surface area contributed by atoms with Crippen molar-refractivity contribution in [1.29, 1.82) is 0 Å². The highest BCUT2D eigenvalue weighted by Crippen LogP contribution is 2.29. The number of ether oxygens (including phenoxy) is 2. The third-order valence-electron chi connectivity index (χ3n) is 6.26. The van der Waals surface area contributed by atoms with Gasteiger partial charge in [0, 0.05) is 36.8 Å². The highest BCUT2D eigenvalue weighted by molar-refractivity contribution is 5.68. The maximum Gasteiger partial charge on any atom is 0.303 e. The average Bonchev–Trinajstić information content (AvgIpc) is 3.17. The number of hydrogen-bond donors (Lipinski definition) is 1. The number of pyridine rings is 1. The molecule has 7 nitrogen and oxygen atoms in total. The summed E-state index contributed by atoms with van der Waals surface area (Å²) in [6, 6.07) is 10.6. The van der Waals surface area contributed by atoms with Crippen molar-refractivity contribution in [3.63, 3.8) is 0 Å². The van der Waals surface area contributed by atoms with E-state index in [1.165, 1.54) is 43.3 Å². The molecule has 2 aromatic heterocycles. The monoisotopic (exact) mass is 467 g/mol. The fourth-order valence-electron chi connectivity index (χ4n) is 4.48. The summed E-state index contributed by atoms with van der Waals surface area (Å²) < 4.78 is 26.8. The van der Waals surface area contributed by atoms with E-state index in [-0.39, 0.29) is 12.2 Å². The number of carboxylic acids is 1. The van der Waals surface area contributed by atoms with Gasteiger partial charge in [-0.05, 0) is 61.4 Å². The van der Waals surface area contributed by atoms with Gasteiger partial charge in [-0.1, -0.05) is 12.1 Å². The van der Waals surface area contributed by atoms with E-state index in [1.54, 1.807) is 17.8 Å². The van der Waals surface area contributed by atoms with Crippen molar-refractivity contribution in [2.45, 2.75) is 50.9 Å². The van der Waals surface area contributed by atoms with Crippen molar-refractivity contribution in [2.75, 3.05) is 13.7 Å². The minimum absolute atomic E-state index is 0.125. The number of halogens is 1. The Morgan fingerprint density at radius 1 is 1.18 bits per heavy atom. The van der Waals surface area contributed by atoms with Crippen LogP contribution in [0.4, 0.5) is 4.39 Å². The second kappa shape index (κ2) is 10.7. The molecule has 0 fully saturated rings. The third-order valence-corrected chi connectivity index (χ3v) is 6.26. The van der Waals surface area contributed by atoms with E-state index < -0.39 is 17.7 Å². The summed E-state index contributed by atoms with van der Waals surface area (Å²) in [7, 11) is 3.18. The van der Waals surface area contributed by atoms with Gasteiger partial charge in [0.25, 0.3) is 0 Å². The van der Waals surface area contributed by atoms with Gasteiger partial charge in [-0.25, -0.2) is 9.07 Å². The fraction of sp³-hybridized carbons (Fsp3) is 0.423. The number of aliphatic carboxylic acids is 1. The Bertz CT molecular complexity index is 1160. The van der Waals surface area contributed by atoms with Crippen LogP contribution in [-0.4, -0.2) is 39.6 Å². The van der Waals surface area contributed by atoms with Crippen molar-refractivity contribution in [3.05, 3.63) is 70.4 Å². The molecule has 0 aliphatic heterocycles. The van der Waals surface area contributed by atoms with Gasteiger partial charge >= 0.3 is 5.97 Å². The SMILES string of the molecule is COc1ccc([C@@H](CC(=O)O)Cc2cc(OCCc3ccc4c(n3)CCCC4)n(C)n2)cc1F. The Hall–Kier alpha value is -3.42. The first kappa shape index (κ1) is 23.7. The predicted octanol–water partition coefficient (Wildman–Crippen LogP) is 4.26. The highest BCUT2D eigenvalue weighted by Gasteiger charge is 2.20. The van der Waals surface area contributed by atoms with E-state index in [4.69, 9.17) is 14.5 Å². The molecule has 1 atom stereocenters. The van der Waals surface area contributed by atoms with E-state index in [0.29, 0.717) is 36.6 Å². The molecule has 180 valence electrons. The lowest BCUT2D eigenvalue weighted by atomic mass is 9.91. The molecule has 0 saturated carbocycles. The summed E-state index contributed by atoms with van der Waals surface area (Å²) >= 11 is 0. The molecule has 0 spiro atoms. The molecule has 3 aromatic rings. The second-order valence-electron chi connectivity index (χ2n) is 8.70. The Balaban J connectivity index is 1.40. The van der Waals surface area contributed by atoms with Crippen molar-refractivity contribution >= 4 is 5.97 Å². The molecule has 1 aliphatic carbocycles. The third kappa shape index (κ3) is 5.73. The number of aromatic nitrogens is 3. The molecule has 0 saturated heterocycles. The predicted molar refractivity (Wildman–Crippen MR) is 125 cm³/mol. The number of hydrogen-bond acceptors (Lipinski definition) is 5. The zero-order valence-corrected chi connectivity index (χ0v) is 19.6. The zero-order valence-electron chi connectivity index (χ0n) is 19.6. The molecule has 1 aromatic carbocycles. The maximum absolute atomic E-state index is 14.2. The molecule has 34 heavy (non-hydrogen) atoms. The van der Waals surface area contributed by atoms with Gasteiger partial charge < -0.3 is 14.6 Å². The highest BCUT2D eigenvalue weighted by atomic mass is 19.1. The first-order valence-electron chi connectivity index (χ1n) is 11.6. The normalized spacial score (nSPS) is 13.9. The smallest absolute Gasteiger partial charge is 0.303 e. The van der Waals surface area contributed by atoms with Crippen LogP contribution < -0.4 is 9.47 Å². The molecule has 2 heterocycles. The Labute approximate surface area is 198 Å². The Morgan fingerprint density at radius 3 is 2.76 bits per heavy atom. The lowest BCUT2D eigenvalue weighted by molar-refractivity contribution is -0.137. The first-order chi connectivity index (χ1) is 16.4. The lowest BCUT2D eigenvalue weighted by Crippen LogP contribution is -2.10. The van der Waals surface area contributed by atoms with Crippen LogP contribution in [-0.2, 0) is 37.5 Å². The summed E-state index contributed by atoms with van der Waals surface area (Å²) in [6.07, 6.45) is 5.50. The Kier molecular flexibility index (Phi) is 7.45. The van der Waals surface area contributed by atoms with E-state index in [9.17, 15) is 14.3 Å². The fourth-order valence-corrected chi connectivity index (χ4v) is 4.48. The first-order valence-corrected chi connectivity index (χ1v) is 11.6. The number of carboxylic acid groups (broad SMARTS) is 1. The number of carbonyl (C=O) groups is 1. The number of fused-ring (bicyclic) bond motifs is 1. The summed E-state index contributed by atoms with van der Waals surface area (Å²) in [5, 5.41) is 13.9. The van der Waals surface area contributed by atoms with E-state index in [2.05, 4.69) is 17.2 Å². The minimum atomic E-state index is -0.953. The minimum Gasteiger partial charge on any atom is -0.494 e. The summed E-state index contributed by atoms with van der Waals surface area (Å²) in [5.74, 6) is -1.18. The van der Waals surface area contributed by atoms with Crippen molar-refractivity contribution < 1.29 is 23.8 Å². The van der Waals surface area contributed by atoms with Gasteiger partial charge in [0.1, 0.15) is 0 Å². The molecular formula is C26H30FN3O4. The zero-order chi connectivity index (χ0) is 24.1. The van der Waals surface area contributed by atoms with Gasteiger partial charge in [-0.2, -0.15) is 5.10 Å². The van der Waals surface area contributed by atoms with Crippen LogP contribution in [0, 0.1) is 5.82 Å². The second-order valence-corrected chi connectivity index (χ2v) is 8.70. The van der Waals surface area contributed by atoms with Crippen LogP contribution >= 0.6 is 0 Å². The number of benzene rings is 1. The van der Waals surface area contributed by atoms with Gasteiger partial charge in [0.2, 0.25) is 5.88 Å². The standard InChI is InChI=1S/C26H30FN3O4/c1-30-25(34-12-11-20-9-7-17-5-3-4-6-23(17)28-20)16-21(29-30)13-19(15-26(31)32)18-8-10-24(33-2)22(27)14-18/h7-10,14,16,19H,3-6,11-13,15H2,1-2H3,(H,31,32)/t19-/m1/s1. The lowest BCUT2D eigenvalue weighted by Gasteiger charge is -2.15. The number of methoxy groups -OCH3 is 1. The molecule has 0 bridgehead atoms. The van der Waals surface area contributed by atoms with E-state index >= 15 is 0 Å². The van der Waals surface area contributed by atoms with Gasteiger partial charge in [-0.15, -0.1) is 0 Å². The number of rotatable bonds is 10. The molecule has 1 aliphatic rings. The number of aryl methyl sites for hydroxylation is 3. The van der Waals surface area contributed by atoms with Crippen LogP contribution in [0.2, 0.25) is 0 Å². The molecule has 0 amide bonds. The van der Waals surface area contributed by atoms with Crippen molar-refractivity contribution in [3.8, 4) is 11.6 Å². The van der Waals surface area contributed by atoms with Crippen molar-refractivity contribution in [2.24, 2.45) is 7.05 Å². The van der Waals surface area contributed by atoms with Crippen LogP contribution in [0.15, 0.2) is 36.4 Å². The summed E-state index contributed by atoms with van der Waals surface area (Å²) in [5.41, 5.74) is 4.87. The van der Waals surface area contributed by atoms with Gasteiger partial charge in [-0.3, -0.25) is 9.78 Å². The topological polar surface area (TPSA) is 86.5 Å². The molecule has 0 unspecified atom stereocenters. The summed E-state index contributed by atoms with van der Waals surface area (Å²) in [6.45, 7) is 0.465.